The second-order valence-electron chi connectivity index (χ2n) is 4.21. The van der Waals surface area contributed by atoms with E-state index in [1.54, 1.807) is 6.92 Å². The summed E-state index contributed by atoms with van der Waals surface area (Å²) in [6.45, 7) is 13.5. The Balaban J connectivity index is 0.000000829. The van der Waals surface area contributed by atoms with Gasteiger partial charge >= 0.3 is 0 Å². The Morgan fingerprint density at radius 1 is 1.05 bits per heavy atom. The summed E-state index contributed by atoms with van der Waals surface area (Å²) in [4.78, 5) is 14.0. The lowest BCUT2D eigenvalue weighted by Crippen LogP contribution is -2.46. The van der Waals surface area contributed by atoms with Crippen molar-refractivity contribution in [3.63, 3.8) is 0 Å². The van der Waals surface area contributed by atoms with Crippen LogP contribution >= 0.6 is 0 Å². The highest BCUT2D eigenvalue weighted by Crippen LogP contribution is 2.21. The molecule has 1 aromatic rings. The molecule has 1 heterocycles. The highest BCUT2D eigenvalue weighted by Gasteiger charge is 2.25. The quantitative estimate of drug-likeness (QED) is 0.921. The molecular formula is C17H30N2O. The summed E-state index contributed by atoms with van der Waals surface area (Å²) in [6, 6.07) is 9.98. The van der Waals surface area contributed by atoms with Gasteiger partial charge in [0.2, 0.25) is 0 Å². The van der Waals surface area contributed by atoms with Crippen molar-refractivity contribution in [1.82, 2.24) is 10.2 Å². The molecule has 3 heteroatoms. The van der Waals surface area contributed by atoms with Crippen molar-refractivity contribution in [3.05, 3.63) is 35.9 Å². The molecule has 1 atom stereocenters. The highest BCUT2D eigenvalue weighted by molar-refractivity contribution is 5.82. The maximum atomic E-state index is 11.8. The summed E-state index contributed by atoms with van der Waals surface area (Å²) < 4.78 is 0. The van der Waals surface area contributed by atoms with Gasteiger partial charge in [-0.05, 0) is 12.5 Å². The second kappa shape index (κ2) is 11.6. The molecule has 20 heavy (non-hydrogen) atoms. The van der Waals surface area contributed by atoms with Gasteiger partial charge in [-0.2, -0.15) is 0 Å². The third-order valence-corrected chi connectivity index (χ3v) is 3.02. The van der Waals surface area contributed by atoms with Crippen LogP contribution in [-0.4, -0.2) is 36.9 Å². The minimum atomic E-state index is -0.0664. The van der Waals surface area contributed by atoms with Crippen LogP contribution in [0.4, 0.5) is 0 Å². The van der Waals surface area contributed by atoms with Gasteiger partial charge in [-0.1, -0.05) is 58.0 Å². The maximum absolute atomic E-state index is 11.8. The zero-order valence-electron chi connectivity index (χ0n) is 13.6. The van der Waals surface area contributed by atoms with Crippen LogP contribution in [0.1, 0.15) is 46.2 Å². The first-order chi connectivity index (χ1) is 9.79. The summed E-state index contributed by atoms with van der Waals surface area (Å²) in [5.41, 5.74) is 1.11. The number of Topliss-reactive ketones (excluding diaryl/α,β-unsaturated/α-hetero) is 1. The fourth-order valence-electron chi connectivity index (χ4n) is 2.28. The van der Waals surface area contributed by atoms with Crippen molar-refractivity contribution >= 4 is 5.78 Å². The Hall–Kier alpha value is -1.19. The van der Waals surface area contributed by atoms with Crippen LogP contribution < -0.4 is 5.32 Å². The van der Waals surface area contributed by atoms with Gasteiger partial charge in [0, 0.05) is 26.2 Å². The van der Waals surface area contributed by atoms with E-state index in [9.17, 15) is 4.79 Å². The van der Waals surface area contributed by atoms with E-state index in [1.165, 1.54) is 0 Å². The number of ketones is 1. The van der Waals surface area contributed by atoms with Gasteiger partial charge in [-0.25, -0.2) is 0 Å². The molecule has 2 rings (SSSR count). The van der Waals surface area contributed by atoms with Crippen LogP contribution in [0.2, 0.25) is 0 Å². The number of carbonyl (C=O) groups is 1. The van der Waals surface area contributed by atoms with Crippen LogP contribution in [0, 0.1) is 0 Å². The van der Waals surface area contributed by atoms with Crippen molar-refractivity contribution in [2.45, 2.75) is 40.7 Å². The normalized spacial score (nSPS) is 16.1. The van der Waals surface area contributed by atoms with Crippen molar-refractivity contribution in [3.8, 4) is 0 Å². The number of hydrogen-bond acceptors (Lipinski definition) is 3. The van der Waals surface area contributed by atoms with E-state index in [4.69, 9.17) is 0 Å². The molecule has 0 aromatic heterocycles. The van der Waals surface area contributed by atoms with Gasteiger partial charge in [-0.15, -0.1) is 0 Å². The van der Waals surface area contributed by atoms with Crippen LogP contribution in [0.5, 0.6) is 0 Å². The Kier molecular flexibility index (Phi) is 10.9. The smallest absolute Gasteiger partial charge is 0.151 e. The zero-order chi connectivity index (χ0) is 15.4. The third kappa shape index (κ3) is 5.85. The summed E-state index contributed by atoms with van der Waals surface area (Å²) in [7, 11) is 0. The number of nitrogens with one attached hydrogen (secondary N) is 1. The molecule has 3 nitrogen and oxygen atoms in total. The van der Waals surface area contributed by atoms with Crippen molar-refractivity contribution in [1.29, 1.82) is 0 Å². The van der Waals surface area contributed by atoms with Crippen LogP contribution in [-0.2, 0) is 4.79 Å². The van der Waals surface area contributed by atoms with E-state index in [1.807, 2.05) is 58.0 Å². The molecule has 0 bridgehead atoms. The Bertz CT molecular complexity index is 345. The fourth-order valence-corrected chi connectivity index (χ4v) is 2.28. The van der Waals surface area contributed by atoms with E-state index in [-0.39, 0.29) is 11.8 Å². The van der Waals surface area contributed by atoms with Crippen molar-refractivity contribution in [2.24, 2.45) is 0 Å². The van der Waals surface area contributed by atoms with Gasteiger partial charge in [0.25, 0.3) is 0 Å². The summed E-state index contributed by atoms with van der Waals surface area (Å²) in [5.74, 6) is 0.230. The van der Waals surface area contributed by atoms with Gasteiger partial charge in [0.15, 0.2) is 5.78 Å². The summed E-state index contributed by atoms with van der Waals surface area (Å²) in [6.07, 6.45) is 0. The van der Waals surface area contributed by atoms with E-state index >= 15 is 0 Å². The largest absolute Gasteiger partial charge is 0.314 e. The topological polar surface area (TPSA) is 32.3 Å². The number of hydrogen-bond donors (Lipinski definition) is 1. The molecule has 1 fully saturated rings. The molecule has 1 aliphatic rings. The predicted octanol–water partition coefficient (Wildman–Crippen LogP) is 3.27. The van der Waals surface area contributed by atoms with Gasteiger partial charge in [0.1, 0.15) is 0 Å². The molecule has 1 N–H and O–H groups in total. The predicted molar refractivity (Wildman–Crippen MR) is 87.0 cm³/mol. The highest BCUT2D eigenvalue weighted by atomic mass is 16.1. The molecule has 0 amide bonds. The first-order valence-corrected chi connectivity index (χ1v) is 7.79. The van der Waals surface area contributed by atoms with Crippen LogP contribution in [0.25, 0.3) is 0 Å². The van der Waals surface area contributed by atoms with E-state index in [0.717, 1.165) is 31.7 Å². The van der Waals surface area contributed by atoms with E-state index in [0.29, 0.717) is 0 Å². The SMILES string of the molecule is CC.CC.CC(=O)C(c1ccccc1)N1CCNCC1. The molecule has 0 saturated carbocycles. The second-order valence-corrected chi connectivity index (χ2v) is 4.21. The number of nitrogens with zero attached hydrogens (tertiary/aromatic N) is 1. The first-order valence-electron chi connectivity index (χ1n) is 7.79. The Morgan fingerprint density at radius 2 is 1.55 bits per heavy atom. The molecule has 0 radical (unpaired) electrons. The molecule has 1 saturated heterocycles. The monoisotopic (exact) mass is 278 g/mol. The Labute approximate surface area is 124 Å². The lowest BCUT2D eigenvalue weighted by molar-refractivity contribution is -0.122. The van der Waals surface area contributed by atoms with Crippen LogP contribution in [0.15, 0.2) is 30.3 Å². The average Bonchev–Trinajstić information content (AvgIpc) is 2.53. The molecule has 0 spiro atoms. The lowest BCUT2D eigenvalue weighted by atomic mass is 10.0. The summed E-state index contributed by atoms with van der Waals surface area (Å²) in [5, 5.41) is 3.31. The molecule has 1 aromatic carbocycles. The first kappa shape index (κ1) is 18.8. The number of benzene rings is 1. The number of piperazine rings is 1. The van der Waals surface area contributed by atoms with Crippen LogP contribution in [0.3, 0.4) is 0 Å². The van der Waals surface area contributed by atoms with E-state index < -0.39 is 0 Å². The molecule has 0 aliphatic carbocycles. The molecule has 1 aliphatic heterocycles. The lowest BCUT2D eigenvalue weighted by Gasteiger charge is -2.33. The minimum absolute atomic E-state index is 0.0664. The summed E-state index contributed by atoms with van der Waals surface area (Å²) >= 11 is 0. The third-order valence-electron chi connectivity index (χ3n) is 3.02. The van der Waals surface area contributed by atoms with Crippen molar-refractivity contribution in [2.75, 3.05) is 26.2 Å². The van der Waals surface area contributed by atoms with Gasteiger partial charge < -0.3 is 5.32 Å². The van der Waals surface area contributed by atoms with Gasteiger partial charge in [0.05, 0.1) is 6.04 Å². The molecule has 114 valence electrons. The zero-order valence-corrected chi connectivity index (χ0v) is 13.6. The van der Waals surface area contributed by atoms with Crippen molar-refractivity contribution < 1.29 is 4.79 Å². The Morgan fingerprint density at radius 3 is 2.00 bits per heavy atom. The average molecular weight is 278 g/mol. The van der Waals surface area contributed by atoms with E-state index in [2.05, 4.69) is 10.2 Å². The molecule has 1 unspecified atom stereocenters. The molecular weight excluding hydrogens is 248 g/mol. The maximum Gasteiger partial charge on any atom is 0.151 e. The fraction of sp³-hybridized carbons (Fsp3) is 0.588. The standard InChI is InChI=1S/C13H18N2O.2C2H6/c1-11(16)13(12-5-3-2-4-6-12)15-9-7-14-8-10-15;2*1-2/h2-6,13-14H,7-10H2,1H3;2*1-2H3. The number of carbonyl (C=O) groups excluding carboxylic acids is 1. The minimum Gasteiger partial charge on any atom is -0.314 e. The van der Waals surface area contributed by atoms with Gasteiger partial charge in [-0.3, -0.25) is 9.69 Å². The number of rotatable bonds is 3.